The van der Waals surface area contributed by atoms with Crippen molar-refractivity contribution in [1.82, 2.24) is 15.0 Å². The minimum atomic E-state index is -0.193. The third kappa shape index (κ3) is 1.69. The van der Waals surface area contributed by atoms with Crippen LogP contribution >= 0.6 is 0 Å². The van der Waals surface area contributed by atoms with Crippen molar-refractivity contribution in [2.24, 2.45) is 0 Å². The van der Waals surface area contributed by atoms with Crippen molar-refractivity contribution < 1.29 is 0 Å². The van der Waals surface area contributed by atoms with E-state index in [1.54, 1.807) is 18.5 Å². The molecule has 0 amide bonds. The van der Waals surface area contributed by atoms with Gasteiger partial charge in [-0.05, 0) is 6.07 Å². The van der Waals surface area contributed by atoms with Crippen LogP contribution in [0.15, 0.2) is 53.6 Å². The molecule has 2 aromatic heterocycles. The molecule has 4 heteroatoms. The van der Waals surface area contributed by atoms with E-state index in [-0.39, 0.29) is 5.56 Å². The molecule has 0 saturated carbocycles. The van der Waals surface area contributed by atoms with Gasteiger partial charge in [0.25, 0.3) is 5.56 Å². The zero-order chi connectivity index (χ0) is 11.7. The molecular formula is C13H9N3O. The summed E-state index contributed by atoms with van der Waals surface area (Å²) in [5.41, 5.74) is 1.13. The number of nitrogens with zero attached hydrogens (tertiary/aromatic N) is 2. The standard InChI is InChI=1S/C13H9N3O/c17-13-11-10(6-7-14-13)8-15-12(16-11)9-4-2-1-3-5-9/h1-8H,(H,14,17). The maximum atomic E-state index is 11.6. The quantitative estimate of drug-likeness (QED) is 0.686. The Morgan fingerprint density at radius 1 is 1.06 bits per heavy atom. The summed E-state index contributed by atoms with van der Waals surface area (Å²) >= 11 is 0. The van der Waals surface area contributed by atoms with E-state index in [2.05, 4.69) is 15.0 Å². The first-order chi connectivity index (χ1) is 8.34. The van der Waals surface area contributed by atoms with E-state index < -0.39 is 0 Å². The van der Waals surface area contributed by atoms with Crippen LogP contribution in [0.2, 0.25) is 0 Å². The molecule has 17 heavy (non-hydrogen) atoms. The zero-order valence-corrected chi connectivity index (χ0v) is 8.92. The molecule has 82 valence electrons. The summed E-state index contributed by atoms with van der Waals surface area (Å²) in [5, 5.41) is 0.744. The molecule has 0 radical (unpaired) electrons. The van der Waals surface area contributed by atoms with Crippen molar-refractivity contribution in [2.45, 2.75) is 0 Å². The number of nitrogens with one attached hydrogen (secondary N) is 1. The number of benzene rings is 1. The molecule has 1 N–H and O–H groups in total. The Kier molecular flexibility index (Phi) is 2.19. The third-order valence-electron chi connectivity index (χ3n) is 2.54. The molecule has 3 aromatic rings. The van der Waals surface area contributed by atoms with E-state index in [4.69, 9.17) is 0 Å². The Labute approximate surface area is 97.0 Å². The fourth-order valence-corrected chi connectivity index (χ4v) is 1.70. The lowest BCUT2D eigenvalue weighted by atomic mass is 10.2. The Morgan fingerprint density at radius 3 is 2.71 bits per heavy atom. The van der Waals surface area contributed by atoms with E-state index in [9.17, 15) is 4.79 Å². The Hall–Kier alpha value is -2.49. The highest BCUT2D eigenvalue weighted by Crippen LogP contribution is 2.15. The van der Waals surface area contributed by atoms with Gasteiger partial charge >= 0.3 is 0 Å². The number of aromatic nitrogens is 3. The first-order valence-corrected chi connectivity index (χ1v) is 5.24. The van der Waals surface area contributed by atoms with Gasteiger partial charge in [0.15, 0.2) is 5.82 Å². The van der Waals surface area contributed by atoms with Gasteiger partial charge < -0.3 is 4.98 Å². The van der Waals surface area contributed by atoms with E-state index in [0.29, 0.717) is 11.3 Å². The molecule has 1 aromatic carbocycles. The maximum absolute atomic E-state index is 11.6. The van der Waals surface area contributed by atoms with Crippen molar-refractivity contribution in [3.8, 4) is 11.4 Å². The molecule has 2 heterocycles. The van der Waals surface area contributed by atoms with Crippen LogP contribution in [0.4, 0.5) is 0 Å². The Bertz CT molecular complexity index is 719. The third-order valence-corrected chi connectivity index (χ3v) is 2.54. The highest BCUT2D eigenvalue weighted by Gasteiger charge is 2.04. The number of rotatable bonds is 1. The van der Waals surface area contributed by atoms with Crippen LogP contribution in [-0.4, -0.2) is 15.0 Å². The number of hydrogen-bond donors (Lipinski definition) is 1. The van der Waals surface area contributed by atoms with Crippen LogP contribution in [0.1, 0.15) is 0 Å². The molecule has 0 bridgehead atoms. The second-order valence-electron chi connectivity index (χ2n) is 3.67. The van der Waals surface area contributed by atoms with E-state index in [0.717, 1.165) is 10.9 Å². The van der Waals surface area contributed by atoms with Crippen LogP contribution < -0.4 is 5.56 Å². The van der Waals surface area contributed by atoms with Gasteiger partial charge in [0.05, 0.1) is 0 Å². The highest BCUT2D eigenvalue weighted by molar-refractivity contribution is 5.78. The predicted molar refractivity (Wildman–Crippen MR) is 65.6 cm³/mol. The van der Waals surface area contributed by atoms with Gasteiger partial charge in [0, 0.05) is 23.3 Å². The highest BCUT2D eigenvalue weighted by atomic mass is 16.1. The first kappa shape index (κ1) is 9.72. The molecule has 0 aliphatic rings. The van der Waals surface area contributed by atoms with E-state index >= 15 is 0 Å². The second kappa shape index (κ2) is 3.83. The normalized spacial score (nSPS) is 10.6. The molecule has 0 aliphatic carbocycles. The van der Waals surface area contributed by atoms with Crippen LogP contribution in [0.25, 0.3) is 22.3 Å². The molecule has 0 spiro atoms. The predicted octanol–water partition coefficient (Wildman–Crippen LogP) is 1.99. The number of pyridine rings is 1. The molecule has 0 aliphatic heterocycles. The summed E-state index contributed by atoms with van der Waals surface area (Å²) in [4.78, 5) is 22.8. The largest absolute Gasteiger partial charge is 0.327 e. The minimum absolute atomic E-state index is 0.193. The molecule has 0 unspecified atom stereocenters. The first-order valence-electron chi connectivity index (χ1n) is 5.24. The Morgan fingerprint density at radius 2 is 1.88 bits per heavy atom. The van der Waals surface area contributed by atoms with Crippen LogP contribution in [-0.2, 0) is 0 Å². The zero-order valence-electron chi connectivity index (χ0n) is 8.92. The lowest BCUT2D eigenvalue weighted by Crippen LogP contribution is -2.07. The van der Waals surface area contributed by atoms with Gasteiger partial charge in [-0.2, -0.15) is 0 Å². The average molecular weight is 223 g/mol. The van der Waals surface area contributed by atoms with Crippen LogP contribution in [0, 0.1) is 0 Å². The minimum Gasteiger partial charge on any atom is -0.327 e. The van der Waals surface area contributed by atoms with Gasteiger partial charge in [0.2, 0.25) is 0 Å². The summed E-state index contributed by atoms with van der Waals surface area (Å²) in [7, 11) is 0. The smallest absolute Gasteiger partial charge is 0.274 e. The van der Waals surface area contributed by atoms with E-state index in [1.165, 1.54) is 0 Å². The summed E-state index contributed by atoms with van der Waals surface area (Å²) in [6, 6.07) is 11.4. The van der Waals surface area contributed by atoms with Gasteiger partial charge in [-0.15, -0.1) is 0 Å². The SMILES string of the molecule is O=c1[nH]ccc2cnc(-c3ccccc3)nc12. The molecular weight excluding hydrogens is 214 g/mol. The number of hydrogen-bond acceptors (Lipinski definition) is 3. The molecule has 0 fully saturated rings. The lowest BCUT2D eigenvalue weighted by Gasteiger charge is -2.00. The lowest BCUT2D eigenvalue weighted by molar-refractivity contribution is 1.18. The average Bonchev–Trinajstić information content (AvgIpc) is 2.40. The second-order valence-corrected chi connectivity index (χ2v) is 3.67. The summed E-state index contributed by atoms with van der Waals surface area (Å²) in [5.74, 6) is 0.565. The van der Waals surface area contributed by atoms with Gasteiger partial charge in [-0.3, -0.25) is 4.79 Å². The number of aromatic amines is 1. The fraction of sp³-hybridized carbons (Fsp3) is 0. The van der Waals surface area contributed by atoms with Crippen molar-refractivity contribution >= 4 is 10.9 Å². The van der Waals surface area contributed by atoms with Crippen molar-refractivity contribution in [2.75, 3.05) is 0 Å². The van der Waals surface area contributed by atoms with Crippen LogP contribution in [0.5, 0.6) is 0 Å². The topological polar surface area (TPSA) is 58.6 Å². The maximum Gasteiger partial charge on any atom is 0.274 e. The number of fused-ring (bicyclic) bond motifs is 1. The summed E-state index contributed by atoms with van der Waals surface area (Å²) < 4.78 is 0. The van der Waals surface area contributed by atoms with Crippen LogP contribution in [0.3, 0.4) is 0 Å². The molecule has 3 rings (SSSR count). The summed E-state index contributed by atoms with van der Waals surface area (Å²) in [6.45, 7) is 0. The monoisotopic (exact) mass is 223 g/mol. The van der Waals surface area contributed by atoms with Crippen molar-refractivity contribution in [3.63, 3.8) is 0 Å². The molecule has 4 nitrogen and oxygen atoms in total. The van der Waals surface area contributed by atoms with E-state index in [1.807, 2.05) is 30.3 Å². The van der Waals surface area contributed by atoms with Gasteiger partial charge in [-0.1, -0.05) is 30.3 Å². The van der Waals surface area contributed by atoms with Gasteiger partial charge in [-0.25, -0.2) is 9.97 Å². The van der Waals surface area contributed by atoms with Gasteiger partial charge in [0.1, 0.15) is 5.52 Å². The van der Waals surface area contributed by atoms with Crippen molar-refractivity contribution in [1.29, 1.82) is 0 Å². The summed E-state index contributed by atoms with van der Waals surface area (Å²) in [6.07, 6.45) is 3.26. The fourth-order valence-electron chi connectivity index (χ4n) is 1.70. The molecule has 0 atom stereocenters. The molecule has 0 saturated heterocycles. The number of H-pyrrole nitrogens is 1. The van der Waals surface area contributed by atoms with Crippen molar-refractivity contribution in [3.05, 3.63) is 59.1 Å². The Balaban J connectivity index is 2.27.